The highest BCUT2D eigenvalue weighted by molar-refractivity contribution is 6.26. The van der Waals surface area contributed by atoms with Crippen LogP contribution in [-0.2, 0) is 0 Å². The number of rotatable bonds is 6. The lowest BCUT2D eigenvalue weighted by Crippen LogP contribution is -2.09. The van der Waals surface area contributed by atoms with Crippen LogP contribution in [0.1, 0.15) is 0 Å². The van der Waals surface area contributed by atoms with Crippen LogP contribution in [0.15, 0.2) is 206 Å². The Bertz CT molecular complexity index is 3240. The highest BCUT2D eigenvalue weighted by Crippen LogP contribution is 2.45. The van der Waals surface area contributed by atoms with Crippen LogP contribution in [0, 0.1) is 0 Å². The molecule has 8 aromatic carbocycles. The first-order valence-electron chi connectivity index (χ1n) is 19.3. The maximum absolute atomic E-state index is 5.59. The molecule has 0 saturated carbocycles. The maximum atomic E-state index is 5.59. The molecule has 3 aromatic heterocycles. The van der Waals surface area contributed by atoms with Crippen LogP contribution in [0.25, 0.3) is 88.0 Å². The molecular weight excluding hydrogens is 693 g/mol. The zero-order valence-corrected chi connectivity index (χ0v) is 30.9. The van der Waals surface area contributed by atoms with Crippen LogP contribution >= 0.6 is 0 Å². The van der Waals surface area contributed by atoms with E-state index in [-0.39, 0.29) is 0 Å². The van der Waals surface area contributed by atoms with E-state index in [0.717, 1.165) is 99.7 Å². The lowest BCUT2D eigenvalue weighted by atomic mass is 9.90. The molecule has 0 aliphatic heterocycles. The Hall–Kier alpha value is -7.69. The van der Waals surface area contributed by atoms with Crippen molar-refractivity contribution in [2.75, 3.05) is 4.90 Å². The number of fused-ring (bicyclic) bond motifs is 8. The number of pyridine rings is 3. The zero-order valence-electron chi connectivity index (χ0n) is 30.9. The first-order valence-corrected chi connectivity index (χ1v) is 19.3. The van der Waals surface area contributed by atoms with Crippen molar-refractivity contribution in [1.82, 2.24) is 15.0 Å². The van der Waals surface area contributed by atoms with Crippen LogP contribution in [0.2, 0.25) is 0 Å². The van der Waals surface area contributed by atoms with Crippen molar-refractivity contribution in [3.63, 3.8) is 0 Å². The average molecular weight is 727 g/mol. The van der Waals surface area contributed by atoms with Gasteiger partial charge < -0.3 is 4.90 Å². The van der Waals surface area contributed by atoms with Crippen LogP contribution in [-0.4, -0.2) is 15.0 Å². The third kappa shape index (κ3) is 5.66. The van der Waals surface area contributed by atoms with E-state index in [1.807, 2.05) is 6.07 Å². The van der Waals surface area contributed by atoms with Crippen molar-refractivity contribution in [3.8, 4) is 33.8 Å². The molecule has 0 aliphatic carbocycles. The molecular formula is C53H34N4. The minimum absolute atomic E-state index is 0.880. The number of para-hydroxylation sites is 2. The zero-order chi connectivity index (χ0) is 37.7. The second-order valence-electron chi connectivity index (χ2n) is 14.4. The molecule has 0 atom stereocenters. The fraction of sp³-hybridized carbons (Fsp3) is 0. The predicted octanol–water partition coefficient (Wildman–Crippen LogP) is 14.1. The van der Waals surface area contributed by atoms with E-state index in [1.165, 1.54) is 5.39 Å². The molecule has 0 unspecified atom stereocenters. The van der Waals surface area contributed by atoms with E-state index in [2.05, 4.69) is 205 Å². The molecule has 11 rings (SSSR count). The molecule has 0 N–H and O–H groups in total. The van der Waals surface area contributed by atoms with E-state index >= 15 is 0 Å². The SMILES string of the molecule is c1ccc(-c2ccc3ccc4ccc(-c5cc6ccccc6c6c5c(-c5ccccc5)nc5cc(N(c7ccccc7)c7ccccc7)ccc56)nc4c3n2)cc1. The van der Waals surface area contributed by atoms with E-state index < -0.39 is 0 Å². The molecule has 11 aromatic rings. The topological polar surface area (TPSA) is 41.9 Å². The smallest absolute Gasteiger partial charge is 0.0972 e. The van der Waals surface area contributed by atoms with Crippen molar-refractivity contribution in [2.45, 2.75) is 0 Å². The number of anilines is 3. The Morgan fingerprint density at radius 3 is 1.54 bits per heavy atom. The molecule has 0 aliphatic rings. The highest BCUT2D eigenvalue weighted by Gasteiger charge is 2.21. The summed E-state index contributed by atoms with van der Waals surface area (Å²) in [6, 6.07) is 72.5. The van der Waals surface area contributed by atoms with E-state index in [1.54, 1.807) is 0 Å². The molecule has 3 heterocycles. The summed E-state index contributed by atoms with van der Waals surface area (Å²) in [7, 11) is 0. The van der Waals surface area contributed by atoms with Crippen molar-refractivity contribution in [2.24, 2.45) is 0 Å². The van der Waals surface area contributed by atoms with Gasteiger partial charge in [-0.1, -0.05) is 152 Å². The molecule has 0 spiro atoms. The second kappa shape index (κ2) is 13.6. The van der Waals surface area contributed by atoms with Crippen molar-refractivity contribution in [3.05, 3.63) is 206 Å². The fourth-order valence-corrected chi connectivity index (χ4v) is 8.31. The molecule has 4 heteroatoms. The molecule has 266 valence electrons. The summed E-state index contributed by atoms with van der Waals surface area (Å²) in [5.41, 5.74) is 11.8. The largest absolute Gasteiger partial charge is 0.310 e. The summed E-state index contributed by atoms with van der Waals surface area (Å²) in [6.07, 6.45) is 0. The second-order valence-corrected chi connectivity index (χ2v) is 14.4. The van der Waals surface area contributed by atoms with E-state index in [9.17, 15) is 0 Å². The number of hydrogen-bond acceptors (Lipinski definition) is 4. The van der Waals surface area contributed by atoms with Gasteiger partial charge in [0, 0.05) is 60.7 Å². The van der Waals surface area contributed by atoms with Gasteiger partial charge >= 0.3 is 0 Å². The van der Waals surface area contributed by atoms with Gasteiger partial charge in [0.15, 0.2) is 0 Å². The van der Waals surface area contributed by atoms with Crippen LogP contribution in [0.3, 0.4) is 0 Å². The molecule has 4 nitrogen and oxygen atoms in total. The van der Waals surface area contributed by atoms with E-state index in [4.69, 9.17) is 15.0 Å². The molecule has 0 saturated heterocycles. The Morgan fingerprint density at radius 1 is 0.333 bits per heavy atom. The maximum Gasteiger partial charge on any atom is 0.0972 e. The molecule has 0 radical (unpaired) electrons. The van der Waals surface area contributed by atoms with Gasteiger partial charge in [0.05, 0.1) is 33.6 Å². The first-order chi connectivity index (χ1) is 28.3. The third-order valence-electron chi connectivity index (χ3n) is 11.0. The first kappa shape index (κ1) is 32.7. The van der Waals surface area contributed by atoms with Gasteiger partial charge in [-0.2, -0.15) is 0 Å². The van der Waals surface area contributed by atoms with Gasteiger partial charge in [-0.05, 0) is 65.4 Å². The van der Waals surface area contributed by atoms with Crippen molar-refractivity contribution < 1.29 is 0 Å². The van der Waals surface area contributed by atoms with Crippen molar-refractivity contribution in [1.29, 1.82) is 0 Å². The Balaban J connectivity index is 1.21. The Labute approximate surface area is 330 Å². The van der Waals surface area contributed by atoms with Crippen LogP contribution in [0.5, 0.6) is 0 Å². The van der Waals surface area contributed by atoms with Gasteiger partial charge in [-0.15, -0.1) is 0 Å². The summed E-state index contributed by atoms with van der Waals surface area (Å²) in [5, 5.41) is 7.76. The molecule has 0 fully saturated rings. The number of nitrogens with zero attached hydrogens (tertiary/aromatic N) is 4. The predicted molar refractivity (Wildman–Crippen MR) is 238 cm³/mol. The van der Waals surface area contributed by atoms with Gasteiger partial charge in [0.1, 0.15) is 0 Å². The summed E-state index contributed by atoms with van der Waals surface area (Å²) in [5.74, 6) is 0. The number of benzene rings is 8. The van der Waals surface area contributed by atoms with Crippen LogP contribution in [0.4, 0.5) is 17.1 Å². The molecule has 0 bridgehead atoms. The minimum atomic E-state index is 0.880. The minimum Gasteiger partial charge on any atom is -0.310 e. The Morgan fingerprint density at radius 2 is 0.877 bits per heavy atom. The molecule has 0 amide bonds. The molecule has 57 heavy (non-hydrogen) atoms. The summed E-state index contributed by atoms with van der Waals surface area (Å²) in [4.78, 5) is 18.6. The summed E-state index contributed by atoms with van der Waals surface area (Å²) in [6.45, 7) is 0. The lowest BCUT2D eigenvalue weighted by molar-refractivity contribution is 1.28. The lowest BCUT2D eigenvalue weighted by Gasteiger charge is -2.26. The van der Waals surface area contributed by atoms with Gasteiger partial charge in [-0.25, -0.2) is 15.0 Å². The normalized spacial score (nSPS) is 11.5. The number of aromatic nitrogens is 3. The van der Waals surface area contributed by atoms with Gasteiger partial charge in [0.25, 0.3) is 0 Å². The third-order valence-corrected chi connectivity index (χ3v) is 11.0. The fourth-order valence-electron chi connectivity index (χ4n) is 8.31. The highest BCUT2D eigenvalue weighted by atomic mass is 15.1. The van der Waals surface area contributed by atoms with Gasteiger partial charge in [0.2, 0.25) is 0 Å². The summed E-state index contributed by atoms with van der Waals surface area (Å²) >= 11 is 0. The van der Waals surface area contributed by atoms with Crippen LogP contribution < -0.4 is 4.90 Å². The monoisotopic (exact) mass is 726 g/mol. The van der Waals surface area contributed by atoms with Gasteiger partial charge in [-0.3, -0.25) is 0 Å². The average Bonchev–Trinajstić information content (AvgIpc) is 3.29. The standard InChI is InChI=1S/C53H34N4/c1-5-15-35(16-6-1)46-31-27-37-25-26-38-28-32-47(55-53(38)52(37)54-46)45-33-39-19-13-14-24-43(39)49-44-30-29-42(34-48(44)56-51(50(45)49)36-17-7-2-8-18-36)57(40-20-9-3-10-21-40)41-22-11-4-12-23-41/h1-34H. The summed E-state index contributed by atoms with van der Waals surface area (Å²) < 4.78 is 0. The van der Waals surface area contributed by atoms with Crippen molar-refractivity contribution >= 4 is 71.3 Å². The Kier molecular flexibility index (Phi) is 7.78. The quantitative estimate of drug-likeness (QED) is 0.160. The number of hydrogen-bond donors (Lipinski definition) is 0. The van der Waals surface area contributed by atoms with E-state index in [0.29, 0.717) is 0 Å².